The highest BCUT2D eigenvalue weighted by atomic mass is 16.5. The minimum atomic E-state index is -0.398. The molecule has 0 aromatic rings. The Labute approximate surface area is 84.5 Å². The van der Waals surface area contributed by atoms with E-state index >= 15 is 0 Å². The number of nitrogens with zero attached hydrogens (tertiary/aromatic N) is 1. The van der Waals surface area contributed by atoms with Crippen LogP contribution < -0.4 is 0 Å². The van der Waals surface area contributed by atoms with Crippen molar-refractivity contribution in [2.24, 2.45) is 0 Å². The van der Waals surface area contributed by atoms with Crippen molar-refractivity contribution in [2.45, 2.75) is 37.5 Å². The zero-order valence-electron chi connectivity index (χ0n) is 8.43. The van der Waals surface area contributed by atoms with E-state index in [0.29, 0.717) is 19.8 Å². The summed E-state index contributed by atoms with van der Waals surface area (Å²) in [6.07, 6.45) is 2.44. The highest BCUT2D eigenvalue weighted by molar-refractivity contribution is 4.86. The molecule has 2 aliphatic rings. The Morgan fingerprint density at radius 1 is 1.21 bits per heavy atom. The highest BCUT2D eigenvalue weighted by Gasteiger charge is 2.32. The van der Waals surface area contributed by atoms with E-state index in [1.807, 2.05) is 0 Å². The van der Waals surface area contributed by atoms with E-state index in [2.05, 4.69) is 4.90 Å². The maximum Gasteiger partial charge on any atom is 0.0900 e. The van der Waals surface area contributed by atoms with Crippen molar-refractivity contribution in [2.75, 3.05) is 26.3 Å². The third-order valence-corrected chi connectivity index (χ3v) is 3.19. The Bertz CT molecular complexity index is 188. The number of hydrogen-bond acceptors (Lipinski definition) is 4. The average Bonchev–Trinajstić information content (AvgIpc) is 2.45. The first-order valence-electron chi connectivity index (χ1n) is 5.45. The number of hydrogen-bond donors (Lipinski definition) is 2. The van der Waals surface area contributed by atoms with Gasteiger partial charge in [-0.05, 0) is 19.3 Å². The molecule has 1 heterocycles. The monoisotopic (exact) mass is 201 g/mol. The smallest absolute Gasteiger partial charge is 0.0900 e. The van der Waals surface area contributed by atoms with Gasteiger partial charge in [0.25, 0.3) is 0 Å². The lowest BCUT2D eigenvalue weighted by Gasteiger charge is -2.30. The lowest BCUT2D eigenvalue weighted by Crippen LogP contribution is -2.44. The van der Waals surface area contributed by atoms with Crippen molar-refractivity contribution >= 4 is 0 Å². The normalized spacial score (nSPS) is 41.1. The van der Waals surface area contributed by atoms with Crippen LogP contribution in [0.5, 0.6) is 0 Å². The van der Waals surface area contributed by atoms with Crippen LogP contribution in [0.25, 0.3) is 0 Å². The summed E-state index contributed by atoms with van der Waals surface area (Å²) in [6.45, 7) is 2.57. The summed E-state index contributed by atoms with van der Waals surface area (Å²) in [7, 11) is 0. The van der Waals surface area contributed by atoms with Gasteiger partial charge >= 0.3 is 0 Å². The number of ether oxygens (including phenoxy) is 1. The van der Waals surface area contributed by atoms with Gasteiger partial charge in [0.05, 0.1) is 25.4 Å². The Hall–Kier alpha value is -0.160. The summed E-state index contributed by atoms with van der Waals surface area (Å²) in [4.78, 5) is 2.18. The lowest BCUT2D eigenvalue weighted by molar-refractivity contribution is 0.0401. The molecule has 1 aliphatic heterocycles. The van der Waals surface area contributed by atoms with Gasteiger partial charge < -0.3 is 14.9 Å². The zero-order valence-corrected chi connectivity index (χ0v) is 8.43. The average molecular weight is 201 g/mol. The molecule has 4 heteroatoms. The van der Waals surface area contributed by atoms with Crippen molar-refractivity contribution < 1.29 is 14.9 Å². The number of aliphatic hydroxyl groups is 2. The van der Waals surface area contributed by atoms with Crippen LogP contribution >= 0.6 is 0 Å². The maximum atomic E-state index is 9.76. The first-order chi connectivity index (χ1) is 6.77. The van der Waals surface area contributed by atoms with Crippen LogP contribution in [0.15, 0.2) is 0 Å². The highest BCUT2D eigenvalue weighted by Crippen LogP contribution is 2.24. The third-order valence-electron chi connectivity index (χ3n) is 3.19. The molecule has 0 aromatic carbocycles. The van der Waals surface area contributed by atoms with Crippen molar-refractivity contribution in [3.63, 3.8) is 0 Å². The van der Waals surface area contributed by atoms with Crippen LogP contribution in [-0.2, 0) is 4.74 Å². The molecule has 0 aromatic heterocycles. The first kappa shape index (κ1) is 10.4. The molecule has 0 spiro atoms. The quantitative estimate of drug-likeness (QED) is 0.606. The molecule has 1 aliphatic carbocycles. The predicted octanol–water partition coefficient (Wildman–Crippen LogP) is -0.407. The van der Waals surface area contributed by atoms with Gasteiger partial charge in [-0.25, -0.2) is 0 Å². The Balaban J connectivity index is 1.94. The van der Waals surface area contributed by atoms with E-state index in [-0.39, 0.29) is 12.1 Å². The lowest BCUT2D eigenvalue weighted by atomic mass is 10.1. The fourth-order valence-electron chi connectivity index (χ4n) is 2.46. The van der Waals surface area contributed by atoms with Crippen LogP contribution in [0, 0.1) is 0 Å². The van der Waals surface area contributed by atoms with Crippen molar-refractivity contribution in [3.8, 4) is 0 Å². The van der Waals surface area contributed by atoms with Crippen molar-refractivity contribution in [1.29, 1.82) is 0 Å². The molecule has 0 radical (unpaired) electrons. The van der Waals surface area contributed by atoms with Gasteiger partial charge in [-0.2, -0.15) is 0 Å². The van der Waals surface area contributed by atoms with Gasteiger partial charge in [-0.15, -0.1) is 0 Å². The van der Waals surface area contributed by atoms with E-state index in [9.17, 15) is 10.2 Å². The maximum absolute atomic E-state index is 9.76. The van der Waals surface area contributed by atoms with E-state index in [1.54, 1.807) is 0 Å². The number of rotatable bonds is 1. The first-order valence-corrected chi connectivity index (χ1v) is 5.45. The van der Waals surface area contributed by atoms with Gasteiger partial charge in [-0.1, -0.05) is 0 Å². The van der Waals surface area contributed by atoms with Crippen molar-refractivity contribution in [3.05, 3.63) is 0 Å². The topological polar surface area (TPSA) is 52.9 Å². The Kier molecular flexibility index (Phi) is 3.38. The molecule has 82 valence electrons. The van der Waals surface area contributed by atoms with Gasteiger partial charge in [0.15, 0.2) is 0 Å². The second-order valence-electron chi connectivity index (χ2n) is 4.29. The van der Waals surface area contributed by atoms with Gasteiger partial charge in [0.1, 0.15) is 0 Å². The van der Waals surface area contributed by atoms with Crippen LogP contribution in [0.3, 0.4) is 0 Å². The molecular formula is C10H19NO3. The SMILES string of the molecule is OC1COCCN(C2CCCC2O)C1. The van der Waals surface area contributed by atoms with Gasteiger partial charge in [0.2, 0.25) is 0 Å². The standard InChI is InChI=1S/C10H19NO3/c12-8-6-11(4-5-14-7-8)9-2-1-3-10(9)13/h8-10,12-13H,1-7H2. The molecule has 14 heavy (non-hydrogen) atoms. The number of aliphatic hydroxyl groups excluding tert-OH is 2. The van der Waals surface area contributed by atoms with Crippen LogP contribution in [-0.4, -0.2) is 59.7 Å². The minimum Gasteiger partial charge on any atom is -0.391 e. The second kappa shape index (κ2) is 4.57. The van der Waals surface area contributed by atoms with E-state index in [4.69, 9.17) is 4.74 Å². The van der Waals surface area contributed by atoms with Crippen molar-refractivity contribution in [1.82, 2.24) is 4.90 Å². The Morgan fingerprint density at radius 3 is 2.79 bits per heavy atom. The van der Waals surface area contributed by atoms with Gasteiger partial charge in [0, 0.05) is 19.1 Å². The molecule has 2 N–H and O–H groups in total. The van der Waals surface area contributed by atoms with E-state index in [0.717, 1.165) is 25.8 Å². The fourth-order valence-corrected chi connectivity index (χ4v) is 2.46. The summed E-state index contributed by atoms with van der Waals surface area (Å²) in [5.41, 5.74) is 0. The molecule has 1 saturated carbocycles. The Morgan fingerprint density at radius 2 is 2.07 bits per heavy atom. The van der Waals surface area contributed by atoms with Gasteiger partial charge in [-0.3, -0.25) is 4.90 Å². The second-order valence-corrected chi connectivity index (χ2v) is 4.29. The molecule has 2 fully saturated rings. The molecule has 3 atom stereocenters. The molecular weight excluding hydrogens is 182 g/mol. The summed E-state index contributed by atoms with van der Waals surface area (Å²) < 4.78 is 5.26. The largest absolute Gasteiger partial charge is 0.391 e. The van der Waals surface area contributed by atoms with Crippen LogP contribution in [0.4, 0.5) is 0 Å². The molecule has 3 unspecified atom stereocenters. The summed E-state index contributed by atoms with van der Waals surface area (Å²) >= 11 is 0. The molecule has 4 nitrogen and oxygen atoms in total. The summed E-state index contributed by atoms with van der Waals surface area (Å²) in [6, 6.07) is 0.242. The molecule has 0 amide bonds. The number of β-amino-alcohol motifs (C(OH)–C–C–N with tert-alkyl or cyclic N) is 1. The predicted molar refractivity (Wildman–Crippen MR) is 52.0 cm³/mol. The molecule has 2 rings (SSSR count). The van der Waals surface area contributed by atoms with Crippen LogP contribution in [0.1, 0.15) is 19.3 Å². The van der Waals surface area contributed by atoms with E-state index in [1.165, 1.54) is 0 Å². The third kappa shape index (κ3) is 2.25. The van der Waals surface area contributed by atoms with Crippen LogP contribution in [0.2, 0.25) is 0 Å². The molecule has 0 bridgehead atoms. The minimum absolute atomic E-state index is 0.208. The zero-order chi connectivity index (χ0) is 9.97. The molecule has 1 saturated heterocycles. The summed E-state index contributed by atoms with van der Waals surface area (Å²) in [5, 5.41) is 19.3. The van der Waals surface area contributed by atoms with E-state index < -0.39 is 6.10 Å². The summed E-state index contributed by atoms with van der Waals surface area (Å²) in [5.74, 6) is 0. The fraction of sp³-hybridized carbons (Fsp3) is 1.00.